The van der Waals surface area contributed by atoms with Gasteiger partial charge in [-0.3, -0.25) is 9.59 Å². The number of carbonyl (C=O) groups is 1. The van der Waals surface area contributed by atoms with Crippen LogP contribution in [0.1, 0.15) is 47.8 Å². The van der Waals surface area contributed by atoms with Gasteiger partial charge in [0.2, 0.25) is 0 Å². The number of hydrogen-bond acceptors (Lipinski definition) is 3. The molecule has 28 heavy (non-hydrogen) atoms. The minimum absolute atomic E-state index is 0.0736. The van der Waals surface area contributed by atoms with Crippen LogP contribution in [-0.4, -0.2) is 15.7 Å². The van der Waals surface area contributed by atoms with Crippen molar-refractivity contribution in [2.75, 3.05) is 0 Å². The molecule has 1 heterocycles. The Bertz CT molecular complexity index is 1100. The van der Waals surface area contributed by atoms with Crippen molar-refractivity contribution in [1.29, 1.82) is 0 Å². The maximum Gasteiger partial charge on any atom is 0.274 e. The smallest absolute Gasteiger partial charge is 0.274 e. The summed E-state index contributed by atoms with van der Waals surface area (Å²) in [5, 5.41) is 9.61. The summed E-state index contributed by atoms with van der Waals surface area (Å²) < 4.78 is 1.60. The Balaban J connectivity index is 1.68. The van der Waals surface area contributed by atoms with E-state index < -0.39 is 0 Å². The molecule has 7 heteroatoms. The van der Waals surface area contributed by atoms with Crippen LogP contribution in [0.25, 0.3) is 10.8 Å². The maximum absolute atomic E-state index is 12.9. The van der Waals surface area contributed by atoms with Crippen LogP contribution in [0.5, 0.6) is 0 Å². The molecule has 1 saturated carbocycles. The van der Waals surface area contributed by atoms with Gasteiger partial charge in [0.15, 0.2) is 0 Å². The summed E-state index contributed by atoms with van der Waals surface area (Å²) in [6, 6.07) is 12.2. The van der Waals surface area contributed by atoms with Crippen molar-refractivity contribution in [2.24, 2.45) is 0 Å². The fourth-order valence-corrected chi connectivity index (χ4v) is 4.11. The quantitative estimate of drug-likeness (QED) is 0.668. The highest BCUT2D eigenvalue weighted by Gasteiger charge is 2.21. The molecule has 1 aliphatic rings. The fourth-order valence-electron chi connectivity index (χ4n) is 3.73. The highest BCUT2D eigenvalue weighted by Crippen LogP contribution is 2.28. The van der Waals surface area contributed by atoms with Gasteiger partial charge in [-0.05, 0) is 37.1 Å². The Morgan fingerprint density at radius 2 is 1.82 bits per heavy atom. The Hall–Kier alpha value is -2.37. The zero-order valence-corrected chi connectivity index (χ0v) is 16.6. The second kappa shape index (κ2) is 7.94. The highest BCUT2D eigenvalue weighted by atomic mass is 35.5. The summed E-state index contributed by atoms with van der Waals surface area (Å²) >= 11 is 12.1. The molecule has 1 aliphatic carbocycles. The Labute approximate surface area is 172 Å². The van der Waals surface area contributed by atoms with E-state index in [1.54, 1.807) is 16.8 Å². The summed E-state index contributed by atoms with van der Waals surface area (Å²) in [5.74, 6) is -0.336. The van der Waals surface area contributed by atoms with Crippen LogP contribution in [0, 0.1) is 0 Å². The number of fused-ring (bicyclic) bond motifs is 1. The monoisotopic (exact) mass is 415 g/mol. The molecular formula is C21H19Cl2N3O2. The fraction of sp³-hybridized carbons (Fsp3) is 0.286. The summed E-state index contributed by atoms with van der Waals surface area (Å²) in [4.78, 5) is 25.5. The molecule has 1 amide bonds. The van der Waals surface area contributed by atoms with E-state index in [4.69, 9.17) is 23.2 Å². The molecule has 4 rings (SSSR count). The van der Waals surface area contributed by atoms with Crippen LogP contribution >= 0.6 is 23.2 Å². The van der Waals surface area contributed by atoms with Gasteiger partial charge < -0.3 is 5.32 Å². The first-order valence-corrected chi connectivity index (χ1v) is 10.0. The lowest BCUT2D eigenvalue weighted by atomic mass is 10.1. The first kappa shape index (κ1) is 19.0. The van der Waals surface area contributed by atoms with Crippen LogP contribution in [0.4, 0.5) is 0 Å². The summed E-state index contributed by atoms with van der Waals surface area (Å²) in [7, 11) is 0. The van der Waals surface area contributed by atoms with Gasteiger partial charge in [-0.15, -0.1) is 0 Å². The lowest BCUT2D eigenvalue weighted by Gasteiger charge is -2.16. The van der Waals surface area contributed by atoms with E-state index in [0.717, 1.165) is 31.1 Å². The van der Waals surface area contributed by atoms with Crippen molar-refractivity contribution in [1.82, 2.24) is 15.1 Å². The maximum atomic E-state index is 12.9. The average Bonchev–Trinajstić information content (AvgIpc) is 3.24. The van der Waals surface area contributed by atoms with Crippen LogP contribution in [-0.2, 0) is 6.54 Å². The molecule has 0 spiro atoms. The molecule has 3 aromatic rings. The van der Waals surface area contributed by atoms with E-state index in [1.807, 2.05) is 24.3 Å². The minimum Gasteiger partial charge on any atom is -0.346 e. The zero-order valence-electron chi connectivity index (χ0n) is 15.1. The molecule has 0 unspecified atom stereocenters. The first-order chi connectivity index (χ1) is 13.5. The van der Waals surface area contributed by atoms with Gasteiger partial charge in [0.1, 0.15) is 0 Å². The molecule has 144 valence electrons. The number of amides is 1. The van der Waals surface area contributed by atoms with Crippen molar-refractivity contribution in [3.63, 3.8) is 0 Å². The van der Waals surface area contributed by atoms with Gasteiger partial charge in [-0.2, -0.15) is 5.10 Å². The van der Waals surface area contributed by atoms with Gasteiger partial charge >= 0.3 is 0 Å². The number of benzene rings is 2. The number of hydrogen-bond donors (Lipinski definition) is 1. The molecule has 1 fully saturated rings. The second-order valence-corrected chi connectivity index (χ2v) is 7.83. The topological polar surface area (TPSA) is 64.0 Å². The van der Waals surface area contributed by atoms with E-state index in [2.05, 4.69) is 10.4 Å². The predicted octanol–water partition coefficient (Wildman–Crippen LogP) is 4.75. The van der Waals surface area contributed by atoms with E-state index in [9.17, 15) is 9.59 Å². The van der Waals surface area contributed by atoms with Crippen molar-refractivity contribution in [2.45, 2.75) is 38.3 Å². The molecule has 1 aromatic heterocycles. The van der Waals surface area contributed by atoms with E-state index in [-0.39, 0.29) is 24.1 Å². The van der Waals surface area contributed by atoms with Crippen molar-refractivity contribution in [3.05, 3.63) is 74.1 Å². The summed E-state index contributed by atoms with van der Waals surface area (Å²) in [6.07, 6.45) is 4.11. The largest absolute Gasteiger partial charge is 0.346 e. The van der Waals surface area contributed by atoms with Gasteiger partial charge in [-0.1, -0.05) is 54.2 Å². The normalized spacial score (nSPS) is 14.5. The number of rotatable bonds is 4. The van der Waals surface area contributed by atoms with Gasteiger partial charge in [0, 0.05) is 10.4 Å². The zero-order chi connectivity index (χ0) is 19.7. The van der Waals surface area contributed by atoms with Crippen LogP contribution in [0.2, 0.25) is 10.0 Å². The number of carbonyl (C=O) groups excluding carboxylic acids is 1. The first-order valence-electron chi connectivity index (χ1n) is 9.28. The lowest BCUT2D eigenvalue weighted by molar-refractivity contribution is 0.0950. The number of nitrogens with zero attached hydrogens (tertiary/aromatic N) is 2. The van der Waals surface area contributed by atoms with Gasteiger partial charge in [-0.25, -0.2) is 4.68 Å². The molecule has 5 nitrogen and oxygen atoms in total. The van der Waals surface area contributed by atoms with Crippen molar-refractivity contribution in [3.8, 4) is 0 Å². The molecule has 1 N–H and O–H groups in total. The second-order valence-electron chi connectivity index (χ2n) is 6.99. The Morgan fingerprint density at radius 3 is 2.57 bits per heavy atom. The molecule has 0 bridgehead atoms. The summed E-state index contributed by atoms with van der Waals surface area (Å²) in [6.45, 7) is 0.190. The molecule has 0 saturated heterocycles. The molecule has 0 atom stereocenters. The van der Waals surface area contributed by atoms with Crippen LogP contribution in [0.15, 0.2) is 47.3 Å². The molecule has 0 radical (unpaired) electrons. The van der Waals surface area contributed by atoms with E-state index >= 15 is 0 Å². The molecule has 0 aliphatic heterocycles. The predicted molar refractivity (Wildman–Crippen MR) is 111 cm³/mol. The van der Waals surface area contributed by atoms with Crippen LogP contribution < -0.4 is 10.9 Å². The number of nitrogens with one attached hydrogen (secondary N) is 1. The molecule has 2 aromatic carbocycles. The van der Waals surface area contributed by atoms with Crippen molar-refractivity contribution >= 4 is 39.9 Å². The third-order valence-electron chi connectivity index (χ3n) is 5.16. The van der Waals surface area contributed by atoms with E-state index in [0.29, 0.717) is 26.7 Å². The van der Waals surface area contributed by atoms with Gasteiger partial charge in [0.05, 0.1) is 34.3 Å². The third-order valence-corrected chi connectivity index (χ3v) is 5.73. The third kappa shape index (κ3) is 3.64. The lowest BCUT2D eigenvalue weighted by Crippen LogP contribution is -2.30. The average molecular weight is 416 g/mol. The van der Waals surface area contributed by atoms with E-state index in [1.165, 1.54) is 6.07 Å². The van der Waals surface area contributed by atoms with Gasteiger partial charge in [0.25, 0.3) is 11.5 Å². The number of halogens is 2. The Morgan fingerprint density at radius 1 is 1.11 bits per heavy atom. The highest BCUT2D eigenvalue weighted by molar-refractivity contribution is 6.35. The minimum atomic E-state index is -0.336. The summed E-state index contributed by atoms with van der Waals surface area (Å²) in [5.41, 5.74) is 0.895. The molecular weight excluding hydrogens is 397 g/mol. The van der Waals surface area contributed by atoms with Crippen molar-refractivity contribution < 1.29 is 4.79 Å². The Kier molecular flexibility index (Phi) is 5.38. The SMILES string of the molecule is O=C(NCc1nn(C2CCCC2)c(=O)c2ccccc12)c1cc(Cl)ccc1Cl. The number of aromatic nitrogens is 2. The van der Waals surface area contributed by atoms with Crippen LogP contribution in [0.3, 0.4) is 0 Å². The standard InChI is InChI=1S/C21H19Cl2N3O2/c22-13-9-10-18(23)17(11-13)20(27)24-12-19-15-7-3-4-8-16(15)21(28)26(25-19)14-5-1-2-6-14/h3-4,7-11,14H,1-2,5-6,12H2,(H,24,27).